The van der Waals surface area contributed by atoms with E-state index in [0.717, 1.165) is 60.7 Å². The van der Waals surface area contributed by atoms with Gasteiger partial charge in [-0.3, -0.25) is 4.90 Å². The van der Waals surface area contributed by atoms with Gasteiger partial charge in [0.15, 0.2) is 0 Å². The van der Waals surface area contributed by atoms with Crippen molar-refractivity contribution in [2.24, 2.45) is 11.8 Å². The second kappa shape index (κ2) is 8.46. The van der Waals surface area contributed by atoms with E-state index in [1.807, 2.05) is 31.7 Å². The molecule has 2 fully saturated rings. The van der Waals surface area contributed by atoms with E-state index in [1.165, 1.54) is 29.6 Å². The highest BCUT2D eigenvalue weighted by Gasteiger charge is 2.33. The van der Waals surface area contributed by atoms with Crippen molar-refractivity contribution in [1.82, 2.24) is 9.47 Å². The summed E-state index contributed by atoms with van der Waals surface area (Å²) >= 11 is 0. The number of ether oxygens (including phenoxy) is 1. The van der Waals surface area contributed by atoms with Gasteiger partial charge in [0.1, 0.15) is 5.60 Å². The molecular weight excluding hydrogens is 414 g/mol. The van der Waals surface area contributed by atoms with Crippen LogP contribution in [0.3, 0.4) is 0 Å². The van der Waals surface area contributed by atoms with Crippen LogP contribution in [-0.4, -0.2) is 46.7 Å². The van der Waals surface area contributed by atoms with Crippen LogP contribution in [0.15, 0.2) is 18.2 Å². The Labute approximate surface area is 196 Å². The lowest BCUT2D eigenvalue weighted by Crippen LogP contribution is -3.15. The van der Waals surface area contributed by atoms with E-state index in [0.29, 0.717) is 19.0 Å². The third-order valence-corrected chi connectivity index (χ3v) is 7.50. The van der Waals surface area contributed by atoms with Crippen LogP contribution < -0.4 is 4.90 Å². The van der Waals surface area contributed by atoms with Crippen molar-refractivity contribution in [3.05, 3.63) is 35.0 Å². The molecule has 5 rings (SSSR count). The monoisotopic (exact) mass is 452 g/mol. The molecule has 0 bridgehead atoms. The first-order chi connectivity index (χ1) is 15.7. The molecule has 178 valence electrons. The minimum absolute atomic E-state index is 0.215. The first-order valence-corrected chi connectivity index (χ1v) is 12.7. The largest absolute Gasteiger partial charge is 0.444 e. The molecule has 0 spiro atoms. The SMILES string of the molecule is CC1CC[NH+](C(=O)c2ccc3c(c2)c2c(n3CC3CC3)CCN(C(=O)OC(C)(C)C)C2)CC1. The number of hydrogen-bond donors (Lipinski definition) is 1. The Bertz CT molecular complexity index is 1070. The zero-order valence-corrected chi connectivity index (χ0v) is 20.6. The van der Waals surface area contributed by atoms with Crippen LogP contribution >= 0.6 is 0 Å². The molecule has 6 heteroatoms. The molecule has 6 nitrogen and oxygen atoms in total. The molecule has 3 heterocycles. The topological polar surface area (TPSA) is 56.0 Å². The number of quaternary nitrogens is 1. The fourth-order valence-electron chi connectivity index (χ4n) is 5.38. The highest BCUT2D eigenvalue weighted by molar-refractivity contribution is 5.95. The molecule has 2 aromatic rings. The Balaban J connectivity index is 1.48. The summed E-state index contributed by atoms with van der Waals surface area (Å²) in [6.07, 6.45) is 5.39. The van der Waals surface area contributed by atoms with Crippen LogP contribution in [-0.2, 0) is 24.2 Å². The molecule has 1 saturated carbocycles. The lowest BCUT2D eigenvalue weighted by molar-refractivity contribution is -0.821. The highest BCUT2D eigenvalue weighted by atomic mass is 16.6. The summed E-state index contributed by atoms with van der Waals surface area (Å²) in [5, 5.41) is 1.13. The number of hydrogen-bond acceptors (Lipinski definition) is 3. The van der Waals surface area contributed by atoms with E-state index in [-0.39, 0.29) is 12.0 Å². The molecule has 0 unspecified atom stereocenters. The van der Waals surface area contributed by atoms with Crippen molar-refractivity contribution in [2.45, 2.75) is 78.5 Å². The standard InChI is InChI=1S/C27H37N3O3/c1-18-9-12-28(13-10-18)25(31)20-7-8-23-21(15-20)22-17-29(26(32)33-27(2,3)4)14-11-24(22)30(23)16-19-5-6-19/h7-8,15,18-19H,5-6,9-14,16-17H2,1-4H3/p+1. The number of amides is 2. The maximum atomic E-state index is 13.3. The lowest BCUT2D eigenvalue weighted by Gasteiger charge is -2.30. The van der Waals surface area contributed by atoms with E-state index in [2.05, 4.69) is 23.6 Å². The van der Waals surface area contributed by atoms with Gasteiger partial charge in [0.25, 0.3) is 0 Å². The van der Waals surface area contributed by atoms with Crippen molar-refractivity contribution in [2.75, 3.05) is 19.6 Å². The molecule has 1 N–H and O–H groups in total. The Hall–Kier alpha value is -2.34. The van der Waals surface area contributed by atoms with E-state index in [9.17, 15) is 9.59 Å². The van der Waals surface area contributed by atoms with Gasteiger partial charge >= 0.3 is 12.0 Å². The number of benzene rings is 1. The van der Waals surface area contributed by atoms with Gasteiger partial charge in [0.2, 0.25) is 0 Å². The van der Waals surface area contributed by atoms with Gasteiger partial charge in [-0.05, 0) is 76.5 Å². The van der Waals surface area contributed by atoms with Gasteiger partial charge in [-0.2, -0.15) is 0 Å². The second-order valence-corrected chi connectivity index (χ2v) is 11.5. The molecular formula is C27H38N3O3+. The Morgan fingerprint density at radius 3 is 2.52 bits per heavy atom. The van der Waals surface area contributed by atoms with Gasteiger partial charge in [-0.15, -0.1) is 0 Å². The maximum absolute atomic E-state index is 13.3. The van der Waals surface area contributed by atoms with Gasteiger partial charge < -0.3 is 14.2 Å². The zero-order valence-electron chi connectivity index (χ0n) is 20.6. The Kier molecular flexibility index (Phi) is 5.76. The smallest absolute Gasteiger partial charge is 0.410 e. The summed E-state index contributed by atoms with van der Waals surface area (Å²) < 4.78 is 8.13. The molecule has 2 aliphatic heterocycles. The summed E-state index contributed by atoms with van der Waals surface area (Å²) in [6.45, 7) is 12.1. The second-order valence-electron chi connectivity index (χ2n) is 11.5. The molecule has 1 saturated heterocycles. The third kappa shape index (κ3) is 4.68. The summed E-state index contributed by atoms with van der Waals surface area (Å²) in [6, 6.07) is 6.27. The van der Waals surface area contributed by atoms with Gasteiger partial charge in [-0.25, -0.2) is 9.59 Å². The first-order valence-electron chi connectivity index (χ1n) is 12.7. The van der Waals surface area contributed by atoms with Crippen molar-refractivity contribution in [3.63, 3.8) is 0 Å². The molecule has 1 aliphatic carbocycles. The van der Waals surface area contributed by atoms with Crippen LogP contribution in [0.2, 0.25) is 0 Å². The fraction of sp³-hybridized carbons (Fsp3) is 0.630. The van der Waals surface area contributed by atoms with E-state index < -0.39 is 5.60 Å². The average Bonchev–Trinajstić information content (AvgIpc) is 3.55. The van der Waals surface area contributed by atoms with Crippen molar-refractivity contribution in [1.29, 1.82) is 0 Å². The molecule has 1 aromatic carbocycles. The number of nitrogens with zero attached hydrogens (tertiary/aromatic N) is 2. The number of carbonyl (C=O) groups is 2. The molecule has 2 amide bonds. The van der Waals surface area contributed by atoms with Crippen LogP contribution in [0.5, 0.6) is 0 Å². The van der Waals surface area contributed by atoms with Crippen molar-refractivity contribution in [3.8, 4) is 0 Å². The minimum Gasteiger partial charge on any atom is -0.444 e. The van der Waals surface area contributed by atoms with Crippen LogP contribution in [0.25, 0.3) is 10.9 Å². The summed E-state index contributed by atoms with van der Waals surface area (Å²) in [7, 11) is 0. The minimum atomic E-state index is -0.508. The van der Waals surface area contributed by atoms with Crippen LogP contribution in [0.4, 0.5) is 4.79 Å². The number of rotatable bonds is 3. The first kappa shape index (κ1) is 22.5. The van der Waals surface area contributed by atoms with Gasteiger partial charge in [-0.1, -0.05) is 6.92 Å². The van der Waals surface area contributed by atoms with E-state index in [4.69, 9.17) is 4.74 Å². The number of fused-ring (bicyclic) bond motifs is 3. The van der Waals surface area contributed by atoms with Gasteiger partial charge in [0, 0.05) is 41.7 Å². The van der Waals surface area contributed by atoms with Crippen molar-refractivity contribution >= 4 is 22.9 Å². The third-order valence-electron chi connectivity index (χ3n) is 7.50. The van der Waals surface area contributed by atoms with Crippen LogP contribution in [0.1, 0.15) is 75.0 Å². The fourth-order valence-corrected chi connectivity index (χ4v) is 5.38. The lowest BCUT2D eigenvalue weighted by atomic mass is 9.98. The number of nitrogens with one attached hydrogen (secondary N) is 1. The molecule has 0 atom stereocenters. The predicted octanol–water partition coefficient (Wildman–Crippen LogP) is 3.80. The van der Waals surface area contributed by atoms with Crippen LogP contribution in [0, 0.1) is 11.8 Å². The average molecular weight is 453 g/mol. The van der Waals surface area contributed by atoms with E-state index in [1.54, 1.807) is 0 Å². The number of likely N-dealkylation sites (tertiary alicyclic amines) is 1. The number of carbonyl (C=O) groups excluding carboxylic acids is 2. The Morgan fingerprint density at radius 1 is 1.12 bits per heavy atom. The molecule has 3 aliphatic rings. The number of piperidine rings is 1. The molecule has 1 aromatic heterocycles. The summed E-state index contributed by atoms with van der Waals surface area (Å²) in [5.74, 6) is 1.69. The Morgan fingerprint density at radius 2 is 1.85 bits per heavy atom. The summed E-state index contributed by atoms with van der Waals surface area (Å²) in [5.41, 5.74) is 4.02. The van der Waals surface area contributed by atoms with Crippen molar-refractivity contribution < 1.29 is 19.2 Å². The highest BCUT2D eigenvalue weighted by Crippen LogP contribution is 2.37. The predicted molar refractivity (Wildman–Crippen MR) is 128 cm³/mol. The summed E-state index contributed by atoms with van der Waals surface area (Å²) in [4.78, 5) is 29.0. The molecule has 33 heavy (non-hydrogen) atoms. The van der Waals surface area contributed by atoms with E-state index >= 15 is 0 Å². The number of aromatic nitrogens is 1. The normalized spacial score (nSPS) is 23.5. The quantitative estimate of drug-likeness (QED) is 0.771. The molecule has 0 radical (unpaired) electrons. The maximum Gasteiger partial charge on any atom is 0.410 e. The van der Waals surface area contributed by atoms with Gasteiger partial charge in [0.05, 0.1) is 25.2 Å². The zero-order chi connectivity index (χ0) is 23.3.